The summed E-state index contributed by atoms with van der Waals surface area (Å²) in [4.78, 5) is 12.7. The summed E-state index contributed by atoms with van der Waals surface area (Å²) in [5, 5.41) is 91.0. The molecule has 5 rings (SSSR count). The maximum absolute atomic E-state index is 12.7. The Morgan fingerprint density at radius 2 is 1.27 bits per heavy atom. The summed E-state index contributed by atoms with van der Waals surface area (Å²) in [5.41, 5.74) is -0.331. The van der Waals surface area contributed by atoms with Crippen LogP contribution in [-0.2, 0) is 9.47 Å². The molecule has 10 atom stereocenters. The fraction of sp³-hybridized carbons (Fsp3) is 0.464. The van der Waals surface area contributed by atoms with E-state index in [1.165, 1.54) is 31.4 Å². The third-order valence-electron chi connectivity index (χ3n) is 7.41. The molecule has 240 valence electrons. The van der Waals surface area contributed by atoms with Crippen LogP contribution < -0.4 is 19.6 Å². The molecule has 9 N–H and O–H groups in total. The zero-order valence-corrected chi connectivity index (χ0v) is 23.0. The molecule has 1 aromatic carbocycles. The smallest absolute Gasteiger partial charge is 0.229 e. The van der Waals surface area contributed by atoms with Crippen molar-refractivity contribution in [2.24, 2.45) is 0 Å². The quantitative estimate of drug-likeness (QED) is 0.125. The average Bonchev–Trinajstić information content (AvgIpc) is 3.01. The third kappa shape index (κ3) is 5.92. The number of rotatable bonds is 8. The van der Waals surface area contributed by atoms with Crippen LogP contribution >= 0.6 is 0 Å². The van der Waals surface area contributed by atoms with E-state index in [1.807, 2.05) is 0 Å². The van der Waals surface area contributed by atoms with Crippen LogP contribution in [0.2, 0.25) is 0 Å². The summed E-state index contributed by atoms with van der Waals surface area (Å²) in [6, 6.07) is 7.52. The van der Waals surface area contributed by atoms with Gasteiger partial charge >= 0.3 is 0 Å². The summed E-state index contributed by atoms with van der Waals surface area (Å²) < 4.78 is 33.7. The second-order valence-electron chi connectivity index (χ2n) is 10.3. The van der Waals surface area contributed by atoms with Crippen molar-refractivity contribution in [3.8, 4) is 45.6 Å². The number of phenols is 1. The van der Waals surface area contributed by atoms with Gasteiger partial charge in [-0.3, -0.25) is 4.79 Å². The molecular formula is C28H32O16. The first kappa shape index (κ1) is 31.9. The van der Waals surface area contributed by atoms with E-state index in [1.54, 1.807) is 0 Å². The molecule has 16 nitrogen and oxygen atoms in total. The minimum absolute atomic E-state index is 0.0376. The van der Waals surface area contributed by atoms with E-state index in [4.69, 9.17) is 28.1 Å². The summed E-state index contributed by atoms with van der Waals surface area (Å²) in [6.07, 6.45) is -16.4. The zero-order chi connectivity index (χ0) is 31.9. The Balaban J connectivity index is 1.62. The standard InChI is InChI=1S/C28H32O16/c1-39-16-4-10(2-3-13(16)32)26-17(42-28-25(38)23(36)21(34)19(9-30)44-28)7-12-14(40-26)5-11(31)6-15(12)41-27-24(37)22(35)20(33)18(8-29)43-27/h2-7,18-25,27-30,32-38H,8-9H2,1H3/t18-,19-,20-,21-,22+,23+,24-,25-,27-,28-/m1/s1. The number of benzene rings is 2. The predicted octanol–water partition coefficient (Wildman–Crippen LogP) is -2.52. The lowest BCUT2D eigenvalue weighted by Crippen LogP contribution is -2.60. The van der Waals surface area contributed by atoms with Gasteiger partial charge in [-0.1, -0.05) is 0 Å². The number of ether oxygens (including phenoxy) is 5. The fourth-order valence-electron chi connectivity index (χ4n) is 4.95. The zero-order valence-electron chi connectivity index (χ0n) is 23.0. The van der Waals surface area contributed by atoms with Crippen molar-refractivity contribution in [1.29, 1.82) is 0 Å². The first-order valence-corrected chi connectivity index (χ1v) is 13.4. The van der Waals surface area contributed by atoms with Crippen LogP contribution in [0.5, 0.6) is 23.0 Å². The van der Waals surface area contributed by atoms with Crippen molar-refractivity contribution in [3.63, 3.8) is 0 Å². The molecule has 2 saturated heterocycles. The SMILES string of the molecule is COc1cc(-c2oc3cc(=O)cc(O[C@@H]4O[C@H](CO)[C@@H](O)[C@H](O)[C@H]4O)c-3cc2O[C@@H]2O[C@H](CO)[C@@H](O)[C@H](O)[C@H]2O)ccc1O. The minimum Gasteiger partial charge on any atom is -0.504 e. The Hall–Kier alpha value is -3.55. The molecule has 44 heavy (non-hydrogen) atoms. The van der Waals surface area contributed by atoms with Gasteiger partial charge in [0.25, 0.3) is 0 Å². The highest BCUT2D eigenvalue weighted by atomic mass is 16.7. The van der Waals surface area contributed by atoms with Gasteiger partial charge in [0.2, 0.25) is 12.6 Å². The molecule has 4 aliphatic rings. The number of aromatic hydroxyl groups is 1. The van der Waals surface area contributed by atoms with Crippen LogP contribution in [-0.4, -0.2) is 128 Å². The van der Waals surface area contributed by atoms with Crippen LogP contribution in [0.3, 0.4) is 0 Å². The third-order valence-corrected chi connectivity index (χ3v) is 7.41. The molecular weight excluding hydrogens is 592 g/mol. The highest BCUT2D eigenvalue weighted by molar-refractivity contribution is 5.76. The van der Waals surface area contributed by atoms with Crippen LogP contribution in [0.4, 0.5) is 0 Å². The molecule has 0 bridgehead atoms. The van der Waals surface area contributed by atoms with Gasteiger partial charge in [0.05, 0.1) is 25.9 Å². The van der Waals surface area contributed by atoms with Gasteiger partial charge in [-0.25, -0.2) is 0 Å². The molecule has 0 unspecified atom stereocenters. The number of fused-ring (bicyclic) bond motifs is 1. The van der Waals surface area contributed by atoms with E-state index < -0.39 is 80.1 Å². The molecule has 2 fully saturated rings. The average molecular weight is 625 g/mol. The Morgan fingerprint density at radius 3 is 1.82 bits per heavy atom. The Bertz CT molecular complexity index is 1470. The molecule has 0 spiro atoms. The van der Waals surface area contributed by atoms with E-state index >= 15 is 0 Å². The number of methoxy groups -OCH3 is 1. The van der Waals surface area contributed by atoms with Crippen molar-refractivity contribution in [2.45, 2.75) is 61.4 Å². The summed E-state index contributed by atoms with van der Waals surface area (Å²) in [6.45, 7) is -1.45. The largest absolute Gasteiger partial charge is 0.504 e. The summed E-state index contributed by atoms with van der Waals surface area (Å²) in [5.74, 6) is -0.760. The molecule has 3 aliphatic heterocycles. The van der Waals surface area contributed by atoms with Gasteiger partial charge in [0.1, 0.15) is 60.3 Å². The van der Waals surface area contributed by atoms with Crippen molar-refractivity contribution in [1.82, 2.24) is 0 Å². The molecule has 16 heteroatoms. The molecule has 0 radical (unpaired) electrons. The summed E-state index contributed by atoms with van der Waals surface area (Å²) >= 11 is 0. The lowest BCUT2D eigenvalue weighted by molar-refractivity contribution is -0.277. The van der Waals surface area contributed by atoms with Gasteiger partial charge in [0.15, 0.2) is 28.4 Å². The molecule has 0 aromatic heterocycles. The Morgan fingerprint density at radius 1 is 0.705 bits per heavy atom. The number of aliphatic hydroxyl groups excluding tert-OH is 8. The van der Waals surface area contributed by atoms with Gasteiger partial charge in [-0.05, 0) is 24.3 Å². The lowest BCUT2D eigenvalue weighted by Gasteiger charge is -2.40. The fourth-order valence-corrected chi connectivity index (χ4v) is 4.95. The maximum Gasteiger partial charge on any atom is 0.229 e. The topological polar surface area (TPSA) is 258 Å². The Labute approximate surface area is 248 Å². The van der Waals surface area contributed by atoms with Crippen molar-refractivity contribution in [2.75, 3.05) is 20.3 Å². The minimum atomic E-state index is -1.81. The van der Waals surface area contributed by atoms with Crippen molar-refractivity contribution < 1.29 is 74.1 Å². The van der Waals surface area contributed by atoms with E-state index in [-0.39, 0.29) is 45.6 Å². The van der Waals surface area contributed by atoms with E-state index in [9.17, 15) is 50.8 Å². The molecule has 0 amide bonds. The highest BCUT2D eigenvalue weighted by Crippen LogP contribution is 2.44. The molecule has 1 aliphatic carbocycles. The van der Waals surface area contributed by atoms with Gasteiger partial charge in [0, 0.05) is 17.7 Å². The Kier molecular flexibility index (Phi) is 9.28. The van der Waals surface area contributed by atoms with Crippen LogP contribution in [0, 0.1) is 0 Å². The monoisotopic (exact) mass is 624 g/mol. The van der Waals surface area contributed by atoms with Crippen LogP contribution in [0.1, 0.15) is 0 Å². The number of phenolic OH excluding ortho intramolecular Hbond substituents is 1. The maximum atomic E-state index is 12.7. The van der Waals surface area contributed by atoms with Crippen molar-refractivity contribution in [3.05, 3.63) is 46.6 Å². The number of hydrogen-bond donors (Lipinski definition) is 9. The van der Waals surface area contributed by atoms with E-state index in [0.717, 1.165) is 12.1 Å². The first-order valence-electron chi connectivity index (χ1n) is 13.4. The van der Waals surface area contributed by atoms with E-state index in [0.29, 0.717) is 0 Å². The van der Waals surface area contributed by atoms with Gasteiger partial charge < -0.3 is 74.1 Å². The normalized spacial score (nSPS) is 32.4. The van der Waals surface area contributed by atoms with Crippen molar-refractivity contribution >= 4 is 0 Å². The second-order valence-corrected chi connectivity index (χ2v) is 10.3. The number of hydrogen-bond acceptors (Lipinski definition) is 16. The van der Waals surface area contributed by atoms with Crippen LogP contribution in [0.15, 0.2) is 45.6 Å². The van der Waals surface area contributed by atoms with Gasteiger partial charge in [-0.2, -0.15) is 0 Å². The summed E-state index contributed by atoms with van der Waals surface area (Å²) in [7, 11) is 1.31. The highest BCUT2D eigenvalue weighted by Gasteiger charge is 2.46. The first-order chi connectivity index (χ1) is 21.0. The lowest BCUT2D eigenvalue weighted by atomic mass is 9.99. The van der Waals surface area contributed by atoms with E-state index in [2.05, 4.69) is 0 Å². The van der Waals surface area contributed by atoms with Crippen LogP contribution in [0.25, 0.3) is 22.6 Å². The molecule has 0 saturated carbocycles. The number of aliphatic hydroxyl groups is 8. The van der Waals surface area contributed by atoms with Gasteiger partial charge in [-0.15, -0.1) is 0 Å². The predicted molar refractivity (Wildman–Crippen MR) is 144 cm³/mol. The molecule has 1 aromatic rings. The second kappa shape index (κ2) is 12.8. The molecule has 3 heterocycles.